The van der Waals surface area contributed by atoms with Crippen molar-refractivity contribution in [2.45, 2.75) is 38.8 Å². The largest absolute Gasteiger partial charge is 0.346 e. The summed E-state index contributed by atoms with van der Waals surface area (Å²) in [5.74, 6) is 0.0457. The Balaban J connectivity index is 1.69. The quantitative estimate of drug-likeness (QED) is 0.781. The number of H-pyrrole nitrogens is 1. The van der Waals surface area contributed by atoms with Crippen molar-refractivity contribution in [1.29, 1.82) is 0 Å². The van der Waals surface area contributed by atoms with Gasteiger partial charge in [0.15, 0.2) is 0 Å². The molecule has 0 unspecified atom stereocenters. The van der Waals surface area contributed by atoms with E-state index in [4.69, 9.17) is 0 Å². The zero-order chi connectivity index (χ0) is 16.0. The number of pyridine rings is 1. The predicted octanol–water partition coefficient (Wildman–Crippen LogP) is 3.70. The van der Waals surface area contributed by atoms with Gasteiger partial charge in [0.05, 0.1) is 0 Å². The van der Waals surface area contributed by atoms with E-state index in [1.54, 1.807) is 6.20 Å². The van der Waals surface area contributed by atoms with Crippen LogP contribution in [0.5, 0.6) is 0 Å². The molecule has 2 atom stereocenters. The molecule has 118 valence electrons. The number of aromatic nitrogens is 3. The molecule has 0 aromatic carbocycles. The summed E-state index contributed by atoms with van der Waals surface area (Å²) >= 11 is 1.51. The maximum Gasteiger partial charge on any atom is 0.273 e. The van der Waals surface area contributed by atoms with Gasteiger partial charge in [-0.15, -0.1) is 11.3 Å². The molecular formula is C17H18N4OS. The lowest BCUT2D eigenvalue weighted by molar-refractivity contribution is 0.0687. The molecule has 1 aliphatic heterocycles. The SMILES string of the molecule is C[C@@H]1CC[C@H](C)N1C(=O)c1csc(-c2ccnc3[nH]ccc23)n1. The van der Waals surface area contributed by atoms with Gasteiger partial charge in [-0.05, 0) is 38.8 Å². The van der Waals surface area contributed by atoms with Crippen LogP contribution in [0.3, 0.4) is 0 Å². The first-order valence-electron chi connectivity index (χ1n) is 7.86. The smallest absolute Gasteiger partial charge is 0.273 e. The van der Waals surface area contributed by atoms with Gasteiger partial charge in [0.25, 0.3) is 5.91 Å². The molecule has 1 amide bonds. The summed E-state index contributed by atoms with van der Waals surface area (Å²) in [5.41, 5.74) is 2.40. The number of nitrogens with one attached hydrogen (secondary N) is 1. The third-order valence-corrected chi connectivity index (χ3v) is 5.48. The van der Waals surface area contributed by atoms with E-state index in [1.807, 2.05) is 28.6 Å². The number of rotatable bonds is 2. The maximum atomic E-state index is 12.8. The summed E-state index contributed by atoms with van der Waals surface area (Å²) in [7, 11) is 0. The van der Waals surface area contributed by atoms with E-state index in [0.29, 0.717) is 17.8 Å². The summed E-state index contributed by atoms with van der Waals surface area (Å²) in [4.78, 5) is 26.8. The number of aromatic amines is 1. The van der Waals surface area contributed by atoms with Crippen LogP contribution in [0.25, 0.3) is 21.6 Å². The standard InChI is InChI=1S/C17H18N4OS/c1-10-3-4-11(2)21(10)17(22)14-9-23-16(20-14)13-6-8-19-15-12(13)5-7-18-15/h5-11H,3-4H2,1-2H3,(H,18,19)/t10-,11+. The van der Waals surface area contributed by atoms with Gasteiger partial charge in [-0.1, -0.05) is 0 Å². The molecule has 1 fully saturated rings. The fraction of sp³-hybridized carbons (Fsp3) is 0.353. The normalized spacial score (nSPS) is 21.2. The second-order valence-corrected chi connectivity index (χ2v) is 6.98. The fourth-order valence-corrected chi connectivity index (χ4v) is 4.20. The van der Waals surface area contributed by atoms with Crippen molar-refractivity contribution in [2.75, 3.05) is 0 Å². The summed E-state index contributed by atoms with van der Waals surface area (Å²) in [6.07, 6.45) is 5.77. The van der Waals surface area contributed by atoms with Crippen LogP contribution in [0, 0.1) is 0 Å². The van der Waals surface area contributed by atoms with Crippen LogP contribution < -0.4 is 0 Å². The third kappa shape index (κ3) is 2.34. The Morgan fingerprint density at radius 2 is 2.09 bits per heavy atom. The Kier molecular flexibility index (Phi) is 3.41. The van der Waals surface area contributed by atoms with Gasteiger partial charge in [-0.2, -0.15) is 0 Å². The first-order valence-corrected chi connectivity index (χ1v) is 8.74. The number of amides is 1. The van der Waals surface area contributed by atoms with Crippen molar-refractivity contribution in [1.82, 2.24) is 19.9 Å². The minimum absolute atomic E-state index is 0.0457. The van der Waals surface area contributed by atoms with Crippen LogP contribution in [-0.2, 0) is 0 Å². The molecule has 23 heavy (non-hydrogen) atoms. The number of fused-ring (bicyclic) bond motifs is 1. The zero-order valence-electron chi connectivity index (χ0n) is 13.1. The highest BCUT2D eigenvalue weighted by atomic mass is 32.1. The molecule has 0 spiro atoms. The molecule has 4 heterocycles. The highest BCUT2D eigenvalue weighted by Crippen LogP contribution is 2.31. The maximum absolute atomic E-state index is 12.8. The fourth-order valence-electron chi connectivity index (χ4n) is 3.37. The molecule has 0 aliphatic carbocycles. The van der Waals surface area contributed by atoms with E-state index in [9.17, 15) is 4.79 Å². The van der Waals surface area contributed by atoms with Crippen LogP contribution >= 0.6 is 11.3 Å². The van der Waals surface area contributed by atoms with Gasteiger partial charge in [0.1, 0.15) is 16.3 Å². The molecule has 1 N–H and O–H groups in total. The molecule has 3 aromatic heterocycles. The number of hydrogen-bond acceptors (Lipinski definition) is 4. The van der Waals surface area contributed by atoms with Gasteiger partial charge in [-0.25, -0.2) is 9.97 Å². The van der Waals surface area contributed by atoms with Gasteiger partial charge in [0.2, 0.25) is 0 Å². The van der Waals surface area contributed by atoms with E-state index in [0.717, 1.165) is 34.4 Å². The summed E-state index contributed by atoms with van der Waals surface area (Å²) < 4.78 is 0. The molecule has 4 rings (SSSR count). The summed E-state index contributed by atoms with van der Waals surface area (Å²) in [6, 6.07) is 4.52. The van der Waals surface area contributed by atoms with E-state index in [1.165, 1.54) is 11.3 Å². The molecular weight excluding hydrogens is 308 g/mol. The van der Waals surface area contributed by atoms with Gasteiger partial charge >= 0.3 is 0 Å². The number of likely N-dealkylation sites (tertiary alicyclic amines) is 1. The molecule has 1 saturated heterocycles. The number of nitrogens with zero attached hydrogens (tertiary/aromatic N) is 3. The average Bonchev–Trinajstić information content (AvgIpc) is 3.26. The highest BCUT2D eigenvalue weighted by molar-refractivity contribution is 7.13. The van der Waals surface area contributed by atoms with Crippen LogP contribution in [0.2, 0.25) is 0 Å². The summed E-state index contributed by atoms with van der Waals surface area (Å²) in [5, 5.41) is 3.76. The first-order chi connectivity index (χ1) is 11.1. The summed E-state index contributed by atoms with van der Waals surface area (Å²) in [6.45, 7) is 4.22. The van der Waals surface area contributed by atoms with Gasteiger partial charge < -0.3 is 9.88 Å². The molecule has 5 nitrogen and oxygen atoms in total. The molecule has 0 saturated carbocycles. The minimum Gasteiger partial charge on any atom is -0.346 e. The molecule has 1 aliphatic rings. The Morgan fingerprint density at radius 1 is 1.30 bits per heavy atom. The molecule has 6 heteroatoms. The second kappa shape index (κ2) is 5.45. The Morgan fingerprint density at radius 3 is 2.87 bits per heavy atom. The number of hydrogen-bond donors (Lipinski definition) is 1. The van der Waals surface area contributed by atoms with E-state index in [2.05, 4.69) is 28.8 Å². The van der Waals surface area contributed by atoms with Crippen molar-refractivity contribution in [2.24, 2.45) is 0 Å². The highest BCUT2D eigenvalue weighted by Gasteiger charge is 2.33. The number of thiazole rings is 1. The topological polar surface area (TPSA) is 61.9 Å². The minimum atomic E-state index is 0.0457. The van der Waals surface area contributed by atoms with Crippen LogP contribution in [-0.4, -0.2) is 37.8 Å². The van der Waals surface area contributed by atoms with Gasteiger partial charge in [-0.3, -0.25) is 4.79 Å². The predicted molar refractivity (Wildman–Crippen MR) is 91.5 cm³/mol. The molecule has 0 radical (unpaired) electrons. The lowest BCUT2D eigenvalue weighted by Crippen LogP contribution is -2.38. The first kappa shape index (κ1) is 14.4. The van der Waals surface area contributed by atoms with E-state index < -0.39 is 0 Å². The van der Waals surface area contributed by atoms with Crippen molar-refractivity contribution >= 4 is 28.3 Å². The van der Waals surface area contributed by atoms with Crippen LogP contribution in [0.15, 0.2) is 29.9 Å². The Labute approximate surface area is 138 Å². The lowest BCUT2D eigenvalue weighted by Gasteiger charge is -2.25. The van der Waals surface area contributed by atoms with E-state index in [-0.39, 0.29) is 5.91 Å². The van der Waals surface area contributed by atoms with Crippen LogP contribution in [0.4, 0.5) is 0 Å². The lowest BCUT2D eigenvalue weighted by atomic mass is 10.2. The number of carbonyl (C=O) groups excluding carboxylic acids is 1. The van der Waals surface area contributed by atoms with Crippen molar-refractivity contribution in [3.05, 3.63) is 35.6 Å². The Hall–Kier alpha value is -2.21. The van der Waals surface area contributed by atoms with Crippen molar-refractivity contribution < 1.29 is 4.79 Å². The van der Waals surface area contributed by atoms with Crippen LogP contribution in [0.1, 0.15) is 37.2 Å². The third-order valence-electron chi connectivity index (χ3n) is 4.60. The van der Waals surface area contributed by atoms with Crippen molar-refractivity contribution in [3.8, 4) is 10.6 Å². The number of carbonyl (C=O) groups is 1. The zero-order valence-corrected chi connectivity index (χ0v) is 13.9. The van der Waals surface area contributed by atoms with Crippen molar-refractivity contribution in [3.63, 3.8) is 0 Å². The average molecular weight is 326 g/mol. The molecule has 0 bridgehead atoms. The molecule has 3 aromatic rings. The monoisotopic (exact) mass is 326 g/mol. The van der Waals surface area contributed by atoms with Gasteiger partial charge in [0, 0.05) is 40.8 Å². The second-order valence-electron chi connectivity index (χ2n) is 6.12. The Bertz CT molecular complexity index is 858. The van der Waals surface area contributed by atoms with E-state index >= 15 is 0 Å².